The number of aryl methyl sites for hydroxylation is 1. The molecule has 2 aromatic heterocycles. The summed E-state index contributed by atoms with van der Waals surface area (Å²) >= 11 is -0.231. The molecule has 0 saturated carbocycles. The summed E-state index contributed by atoms with van der Waals surface area (Å²) in [4.78, 5) is 41.7. The Morgan fingerprint density at radius 3 is 2.62 bits per heavy atom. The Kier molecular flexibility index (Phi) is 6.42. The number of amides is 1. The molecule has 3 unspecified atom stereocenters. The van der Waals surface area contributed by atoms with Gasteiger partial charge in [-0.1, -0.05) is 0 Å². The Morgan fingerprint density at radius 2 is 1.97 bits per heavy atom. The van der Waals surface area contributed by atoms with Crippen LogP contribution in [-0.2, 0) is 4.74 Å². The number of alkyl halides is 2. The molecule has 37 heavy (non-hydrogen) atoms. The van der Waals surface area contributed by atoms with Crippen LogP contribution in [0.2, 0.25) is 0 Å². The van der Waals surface area contributed by atoms with Crippen molar-refractivity contribution in [3.8, 4) is 5.69 Å². The third kappa shape index (κ3) is 4.34. The van der Waals surface area contributed by atoms with E-state index in [0.717, 1.165) is 16.5 Å². The molecule has 1 amide bonds. The van der Waals surface area contributed by atoms with Gasteiger partial charge in [0.05, 0.1) is 6.61 Å². The van der Waals surface area contributed by atoms with Gasteiger partial charge in [-0.05, 0) is 0 Å². The third-order valence-corrected chi connectivity index (χ3v) is 8.40. The number of aliphatic hydroxyl groups is 2. The number of fused-ring (bicyclic) bond motifs is 1. The van der Waals surface area contributed by atoms with E-state index in [2.05, 4.69) is 10.3 Å². The molecule has 0 aliphatic carbocycles. The molecule has 13 heteroatoms. The van der Waals surface area contributed by atoms with E-state index in [4.69, 9.17) is 9.84 Å². The zero-order valence-electron chi connectivity index (χ0n) is 19.2. The van der Waals surface area contributed by atoms with E-state index in [1.807, 2.05) is 18.2 Å². The molecule has 10 nitrogen and oxygen atoms in total. The fourth-order valence-electron chi connectivity index (χ4n) is 4.13. The van der Waals surface area contributed by atoms with Gasteiger partial charge in [0.15, 0.2) is 6.10 Å². The zero-order valence-corrected chi connectivity index (χ0v) is 20.9. The Labute approximate surface area is 213 Å². The maximum absolute atomic E-state index is 14.4. The monoisotopic (exact) mass is 578 g/mol. The first-order chi connectivity index (χ1) is 17.6. The molecular weight excluding hydrogens is 557 g/mol. The molecule has 1 aliphatic heterocycles. The molecule has 0 spiro atoms. The third-order valence-electron chi connectivity index (χ3n) is 6.06. The van der Waals surface area contributed by atoms with Crippen molar-refractivity contribution >= 4 is 36.1 Å². The number of nitrogens with zero attached hydrogens (tertiary/aromatic N) is 3. The fourth-order valence-corrected chi connectivity index (χ4v) is 6.21. The molecule has 1 saturated heterocycles. The number of ether oxygens (including phenoxy) is 1. The van der Waals surface area contributed by atoms with Gasteiger partial charge < -0.3 is 14.9 Å². The molecule has 3 atom stereocenters. The van der Waals surface area contributed by atoms with Crippen LogP contribution < -0.4 is 16.6 Å². The van der Waals surface area contributed by atoms with Crippen molar-refractivity contribution in [2.75, 3.05) is 11.9 Å². The number of carbonyl (C=O) groups excluding carboxylic acids is 1. The van der Waals surface area contributed by atoms with Crippen molar-refractivity contribution < 1.29 is 28.5 Å². The van der Waals surface area contributed by atoms with E-state index in [9.17, 15) is 28.3 Å². The second kappa shape index (κ2) is 9.43. The fraction of sp³-hybridized carbons (Fsp3) is 0.250. The van der Waals surface area contributed by atoms with Crippen LogP contribution in [0, 0.1) is 6.92 Å². The summed E-state index contributed by atoms with van der Waals surface area (Å²) in [5.41, 5.74) is 0.245. The Balaban J connectivity index is 1.37. The van der Waals surface area contributed by atoms with Crippen LogP contribution in [-0.4, -0.2) is 68.7 Å². The van der Waals surface area contributed by atoms with E-state index in [1.165, 1.54) is 0 Å². The number of hydrogen-bond donors (Lipinski definition) is 3. The Hall–Kier alpha value is -3.48. The van der Waals surface area contributed by atoms with Crippen LogP contribution in [0.1, 0.15) is 22.1 Å². The van der Waals surface area contributed by atoms with Gasteiger partial charge in [0.1, 0.15) is 6.10 Å². The van der Waals surface area contributed by atoms with Crippen LogP contribution in [0.5, 0.6) is 0 Å². The van der Waals surface area contributed by atoms with E-state index >= 15 is 0 Å². The van der Waals surface area contributed by atoms with Crippen molar-refractivity contribution in [1.29, 1.82) is 0 Å². The predicted octanol–water partition coefficient (Wildman–Crippen LogP) is 1.05. The molecule has 0 bridgehead atoms. The molecule has 1 aliphatic rings. The first-order valence-corrected chi connectivity index (χ1v) is 12.7. The average Bonchev–Trinajstić information content (AvgIpc) is 3.32. The van der Waals surface area contributed by atoms with Gasteiger partial charge in [0, 0.05) is 0 Å². The molecule has 2 aromatic carbocycles. The normalized spacial score (nSPS) is 20.8. The summed E-state index contributed by atoms with van der Waals surface area (Å²) in [5, 5.41) is 21.9. The summed E-state index contributed by atoms with van der Waals surface area (Å²) in [6.45, 7) is 0.842. The van der Waals surface area contributed by atoms with Crippen LogP contribution in [0.15, 0.2) is 64.3 Å². The number of halogens is 2. The number of carbonyl (C=O) groups is 1. The van der Waals surface area contributed by atoms with Gasteiger partial charge in [0.2, 0.25) is 0 Å². The first-order valence-electron chi connectivity index (χ1n) is 11.1. The zero-order chi connectivity index (χ0) is 26.5. The second-order valence-electron chi connectivity index (χ2n) is 8.47. The molecule has 5 rings (SSSR count). The number of aliphatic hydroxyl groups excluding tert-OH is 2. The number of nitrogens with one attached hydrogen (secondary N) is 1. The standard InChI is InChI=1S/C24H20F2N4O6Se/c1-12-10-13(30-21(34)15-4-2-3-5-17(15)37-30)6-7-14(12)20(33)27-18-8-9-29(23(35)28-18)22-24(25,26)19(32)16(11-31)36-22/h2-10,16,19,22,31-32H,11H2,1H3,(H,27,28,33,35). The Bertz CT molecular complexity index is 1630. The number of benzene rings is 2. The average molecular weight is 577 g/mol. The van der Waals surface area contributed by atoms with Crippen LogP contribution >= 0.6 is 0 Å². The SMILES string of the molecule is Cc1cc(-n2[se]c3ccccc3c2=O)ccc1C(=O)Nc1ccn(C2OC(CO)C(O)C2(F)F)c(=O)n1. The van der Waals surface area contributed by atoms with Gasteiger partial charge in [-0.3, -0.25) is 0 Å². The van der Waals surface area contributed by atoms with Crippen LogP contribution in [0.4, 0.5) is 14.6 Å². The van der Waals surface area contributed by atoms with E-state index in [-0.39, 0.29) is 31.7 Å². The summed E-state index contributed by atoms with van der Waals surface area (Å²) < 4.78 is 36.8. The van der Waals surface area contributed by atoms with Crippen molar-refractivity contribution in [2.24, 2.45) is 0 Å². The number of hydrogen-bond acceptors (Lipinski definition) is 7. The van der Waals surface area contributed by atoms with Crippen molar-refractivity contribution in [2.45, 2.75) is 31.3 Å². The molecule has 1 fully saturated rings. The molecule has 192 valence electrons. The molecule has 3 N–H and O–H groups in total. The van der Waals surface area contributed by atoms with Crippen LogP contribution in [0.25, 0.3) is 15.3 Å². The predicted molar refractivity (Wildman–Crippen MR) is 130 cm³/mol. The van der Waals surface area contributed by atoms with Gasteiger partial charge in [-0.25, -0.2) is 0 Å². The van der Waals surface area contributed by atoms with Gasteiger partial charge in [-0.15, -0.1) is 0 Å². The van der Waals surface area contributed by atoms with Gasteiger partial charge >= 0.3 is 171 Å². The molecular formula is C24H20F2N4O6Se. The second-order valence-corrected chi connectivity index (χ2v) is 10.5. The summed E-state index contributed by atoms with van der Waals surface area (Å²) in [5.74, 6) is -4.61. The molecule has 3 heterocycles. The number of anilines is 1. The van der Waals surface area contributed by atoms with Crippen LogP contribution in [0.3, 0.4) is 0 Å². The minimum absolute atomic E-state index is 0.105. The van der Waals surface area contributed by atoms with Gasteiger partial charge in [0.25, 0.3) is 0 Å². The maximum atomic E-state index is 14.4. The first kappa shape index (κ1) is 25.2. The van der Waals surface area contributed by atoms with Gasteiger partial charge in [-0.2, -0.15) is 8.78 Å². The molecule has 4 aromatic rings. The van der Waals surface area contributed by atoms with Crippen molar-refractivity contribution in [1.82, 2.24) is 13.1 Å². The molecule has 0 radical (unpaired) electrons. The number of aromatic nitrogens is 3. The summed E-state index contributed by atoms with van der Waals surface area (Å²) in [7, 11) is 0. The van der Waals surface area contributed by atoms with Crippen molar-refractivity contribution in [3.05, 3.63) is 86.7 Å². The quantitative estimate of drug-likeness (QED) is 0.302. The van der Waals surface area contributed by atoms with Crippen molar-refractivity contribution in [3.63, 3.8) is 0 Å². The number of rotatable bonds is 5. The van der Waals surface area contributed by atoms with E-state index in [1.54, 1.807) is 34.8 Å². The topological polar surface area (TPSA) is 136 Å². The summed E-state index contributed by atoms with van der Waals surface area (Å²) in [6.07, 6.45) is -5.07. The summed E-state index contributed by atoms with van der Waals surface area (Å²) in [6, 6.07) is 13.4. The van der Waals surface area contributed by atoms with E-state index in [0.29, 0.717) is 21.2 Å². The van der Waals surface area contributed by atoms with E-state index < -0.39 is 42.6 Å². The Morgan fingerprint density at radius 1 is 1.22 bits per heavy atom. The minimum atomic E-state index is -3.85.